The number of alkyl halides is 3. The lowest BCUT2D eigenvalue weighted by Crippen LogP contribution is -2.38. The zero-order chi connectivity index (χ0) is 14.0. The van der Waals surface area contributed by atoms with Gasteiger partial charge in [0.1, 0.15) is 0 Å². The molecule has 19 heavy (non-hydrogen) atoms. The van der Waals surface area contributed by atoms with Crippen LogP contribution in [0.15, 0.2) is 29.6 Å². The molecule has 2 rings (SSSR count). The average Bonchev–Trinajstić information content (AvgIpc) is 2.74. The van der Waals surface area contributed by atoms with E-state index in [9.17, 15) is 0 Å². The number of rotatable bonds is 4. The molecule has 0 aliphatic carbocycles. The fourth-order valence-corrected chi connectivity index (χ4v) is 4.15. The summed E-state index contributed by atoms with van der Waals surface area (Å²) in [6.07, 6.45) is 0. The van der Waals surface area contributed by atoms with Crippen LogP contribution in [0.2, 0.25) is 0 Å². The maximum atomic E-state index is 6.18. The minimum atomic E-state index is -1.33. The molecule has 0 saturated carbocycles. The number of halogens is 3. The second-order valence-electron chi connectivity index (χ2n) is 4.58. The van der Waals surface area contributed by atoms with E-state index in [1.54, 1.807) is 11.3 Å². The lowest BCUT2D eigenvalue weighted by molar-refractivity contribution is 0.474. The van der Waals surface area contributed by atoms with Crippen LogP contribution in [0.5, 0.6) is 0 Å². The number of fused-ring (bicyclic) bond motifs is 1. The minimum Gasteiger partial charge on any atom is -0.314 e. The van der Waals surface area contributed by atoms with Crippen molar-refractivity contribution in [1.29, 1.82) is 0 Å². The van der Waals surface area contributed by atoms with Crippen molar-refractivity contribution in [2.45, 2.75) is 29.6 Å². The van der Waals surface area contributed by atoms with Gasteiger partial charge in [-0.3, -0.25) is 0 Å². The first-order valence-electron chi connectivity index (χ1n) is 6.20. The van der Waals surface area contributed by atoms with Gasteiger partial charge in [-0.15, -0.1) is 11.3 Å². The molecule has 1 heterocycles. The average molecular weight is 337 g/mol. The summed E-state index contributed by atoms with van der Waals surface area (Å²) in [5.74, 6) is -0.177. The summed E-state index contributed by atoms with van der Waals surface area (Å²) in [4.78, 5) is 0. The SMILES string of the molecule is CCNC(C)C(c1ccc2ccsc2c1)C(Cl)(Cl)Cl. The van der Waals surface area contributed by atoms with Gasteiger partial charge in [-0.2, -0.15) is 0 Å². The molecule has 0 bridgehead atoms. The highest BCUT2D eigenvalue weighted by Gasteiger charge is 2.37. The van der Waals surface area contributed by atoms with Gasteiger partial charge in [0.2, 0.25) is 0 Å². The number of benzene rings is 1. The van der Waals surface area contributed by atoms with Crippen LogP contribution < -0.4 is 5.32 Å². The Morgan fingerprint density at radius 3 is 2.63 bits per heavy atom. The summed E-state index contributed by atoms with van der Waals surface area (Å²) in [6.45, 7) is 4.95. The zero-order valence-corrected chi connectivity index (χ0v) is 13.9. The molecule has 0 fully saturated rings. The van der Waals surface area contributed by atoms with E-state index in [2.05, 4.69) is 41.9 Å². The molecule has 1 aromatic heterocycles. The smallest absolute Gasteiger partial charge is 0.198 e. The van der Waals surface area contributed by atoms with Crippen LogP contribution in [0.4, 0.5) is 0 Å². The molecular weight excluding hydrogens is 321 g/mol. The number of thiophene rings is 1. The fourth-order valence-electron chi connectivity index (χ4n) is 2.37. The molecule has 2 aromatic rings. The number of hydrogen-bond acceptors (Lipinski definition) is 2. The van der Waals surface area contributed by atoms with E-state index in [1.807, 2.05) is 6.92 Å². The molecule has 0 aliphatic heterocycles. The summed E-state index contributed by atoms with van der Waals surface area (Å²) in [6, 6.07) is 8.45. The Bertz CT molecular complexity index is 547. The molecule has 5 heteroatoms. The van der Waals surface area contributed by atoms with Gasteiger partial charge in [0.15, 0.2) is 3.79 Å². The van der Waals surface area contributed by atoms with Gasteiger partial charge < -0.3 is 5.32 Å². The van der Waals surface area contributed by atoms with Crippen molar-refractivity contribution in [2.24, 2.45) is 0 Å². The predicted octanol–water partition coefficient (Wildman–Crippen LogP) is 5.35. The number of nitrogens with one attached hydrogen (secondary N) is 1. The number of likely N-dealkylation sites (N-methyl/N-ethyl adjacent to an activating group) is 1. The molecule has 1 aromatic carbocycles. The number of hydrogen-bond donors (Lipinski definition) is 1. The van der Waals surface area contributed by atoms with E-state index in [-0.39, 0.29) is 12.0 Å². The lowest BCUT2D eigenvalue weighted by Gasteiger charge is -2.31. The van der Waals surface area contributed by atoms with Gasteiger partial charge in [0.25, 0.3) is 0 Å². The van der Waals surface area contributed by atoms with Gasteiger partial charge in [-0.05, 0) is 41.9 Å². The maximum Gasteiger partial charge on any atom is 0.198 e. The molecule has 1 N–H and O–H groups in total. The van der Waals surface area contributed by atoms with E-state index in [1.165, 1.54) is 10.1 Å². The van der Waals surface area contributed by atoms with Crippen molar-refractivity contribution in [1.82, 2.24) is 5.32 Å². The third-order valence-corrected chi connectivity index (χ3v) is 4.80. The van der Waals surface area contributed by atoms with Gasteiger partial charge in [0, 0.05) is 16.7 Å². The first-order chi connectivity index (χ1) is 8.93. The Morgan fingerprint density at radius 1 is 1.26 bits per heavy atom. The van der Waals surface area contributed by atoms with Crippen molar-refractivity contribution in [2.75, 3.05) is 6.54 Å². The Hall–Kier alpha value is 0.01000. The zero-order valence-electron chi connectivity index (χ0n) is 10.8. The molecule has 0 saturated heterocycles. The van der Waals surface area contributed by atoms with Crippen LogP contribution in [-0.2, 0) is 0 Å². The van der Waals surface area contributed by atoms with Crippen LogP contribution in [0.3, 0.4) is 0 Å². The van der Waals surface area contributed by atoms with Gasteiger partial charge in [-0.1, -0.05) is 53.9 Å². The van der Waals surface area contributed by atoms with E-state index in [0.717, 1.165) is 12.1 Å². The molecule has 1 nitrogen and oxygen atoms in total. The van der Waals surface area contributed by atoms with Crippen LogP contribution in [0.25, 0.3) is 10.1 Å². The highest BCUT2D eigenvalue weighted by molar-refractivity contribution is 7.17. The second-order valence-corrected chi connectivity index (χ2v) is 7.90. The molecule has 0 amide bonds. The summed E-state index contributed by atoms with van der Waals surface area (Å²) in [5.41, 5.74) is 1.06. The molecule has 2 atom stereocenters. The van der Waals surface area contributed by atoms with Crippen LogP contribution in [0.1, 0.15) is 25.3 Å². The fraction of sp³-hybridized carbons (Fsp3) is 0.429. The monoisotopic (exact) mass is 335 g/mol. The van der Waals surface area contributed by atoms with Crippen LogP contribution in [-0.4, -0.2) is 16.4 Å². The Labute approximate surface area is 132 Å². The van der Waals surface area contributed by atoms with E-state index in [0.29, 0.717) is 0 Å². The largest absolute Gasteiger partial charge is 0.314 e. The standard InChI is InChI=1S/C14H16Cl3NS/c1-3-18-9(2)13(14(15,16)17)11-5-4-10-6-7-19-12(10)8-11/h4-9,13,18H,3H2,1-2H3. The first-order valence-corrected chi connectivity index (χ1v) is 8.22. The normalized spacial score (nSPS) is 15.6. The highest BCUT2D eigenvalue weighted by Crippen LogP contribution is 2.44. The van der Waals surface area contributed by atoms with Crippen LogP contribution in [0, 0.1) is 0 Å². The third kappa shape index (κ3) is 3.56. The second kappa shape index (κ2) is 6.19. The third-order valence-electron chi connectivity index (χ3n) is 3.22. The lowest BCUT2D eigenvalue weighted by atomic mass is 9.93. The minimum absolute atomic E-state index is 0.0925. The Kier molecular flexibility index (Phi) is 5.02. The van der Waals surface area contributed by atoms with Crippen LogP contribution >= 0.6 is 46.1 Å². The topological polar surface area (TPSA) is 12.0 Å². The Morgan fingerprint density at radius 2 is 2.00 bits per heavy atom. The molecule has 0 radical (unpaired) electrons. The van der Waals surface area contributed by atoms with Crippen molar-refractivity contribution in [3.05, 3.63) is 35.2 Å². The molecule has 2 unspecified atom stereocenters. The summed E-state index contributed by atoms with van der Waals surface area (Å²) < 4.78 is -0.104. The van der Waals surface area contributed by atoms with Crippen molar-refractivity contribution in [3.63, 3.8) is 0 Å². The summed E-state index contributed by atoms with van der Waals surface area (Å²) in [7, 11) is 0. The van der Waals surface area contributed by atoms with E-state index in [4.69, 9.17) is 34.8 Å². The maximum absolute atomic E-state index is 6.18. The summed E-state index contributed by atoms with van der Waals surface area (Å²) in [5, 5.41) is 6.65. The van der Waals surface area contributed by atoms with Gasteiger partial charge >= 0.3 is 0 Å². The molecule has 104 valence electrons. The van der Waals surface area contributed by atoms with E-state index < -0.39 is 3.79 Å². The van der Waals surface area contributed by atoms with Crippen molar-refractivity contribution in [3.8, 4) is 0 Å². The molecular formula is C14H16Cl3NS. The van der Waals surface area contributed by atoms with E-state index >= 15 is 0 Å². The first kappa shape index (κ1) is 15.4. The van der Waals surface area contributed by atoms with Gasteiger partial charge in [0.05, 0.1) is 0 Å². The predicted molar refractivity (Wildman–Crippen MR) is 88.0 cm³/mol. The molecule has 0 spiro atoms. The van der Waals surface area contributed by atoms with Crippen molar-refractivity contribution >= 4 is 56.2 Å². The summed E-state index contributed by atoms with van der Waals surface area (Å²) >= 11 is 20.3. The molecule has 0 aliphatic rings. The van der Waals surface area contributed by atoms with Crippen molar-refractivity contribution < 1.29 is 0 Å². The highest BCUT2D eigenvalue weighted by atomic mass is 35.6. The van der Waals surface area contributed by atoms with Gasteiger partial charge in [-0.25, -0.2) is 0 Å². The quantitative estimate of drug-likeness (QED) is 0.742. The Balaban J connectivity index is 2.41.